The molecule has 0 aliphatic carbocycles. The Morgan fingerprint density at radius 3 is 2.07 bits per heavy atom. The molecule has 0 N–H and O–H groups in total. The highest BCUT2D eigenvalue weighted by atomic mass is 32.1. The van der Waals surface area contributed by atoms with Gasteiger partial charge in [-0.15, -0.1) is 34.0 Å². The molecular formula is C21H17NO2S3. The van der Waals surface area contributed by atoms with Gasteiger partial charge < -0.3 is 0 Å². The van der Waals surface area contributed by atoms with Crippen LogP contribution in [0.3, 0.4) is 0 Å². The van der Waals surface area contributed by atoms with Crippen LogP contribution in [0.2, 0.25) is 0 Å². The number of benzene rings is 1. The second kappa shape index (κ2) is 5.50. The summed E-state index contributed by atoms with van der Waals surface area (Å²) in [6, 6.07) is 4.48. The lowest BCUT2D eigenvalue weighted by Gasteiger charge is -2.05. The van der Waals surface area contributed by atoms with Gasteiger partial charge in [-0.3, -0.25) is 14.5 Å². The fraction of sp³-hybridized carbons (Fsp3) is 0.238. The van der Waals surface area contributed by atoms with Gasteiger partial charge in [0.25, 0.3) is 11.8 Å². The normalized spacial score (nSPS) is 14.2. The first-order valence-electron chi connectivity index (χ1n) is 8.68. The number of carbonyl (C=O) groups is 2. The monoisotopic (exact) mass is 411 g/mol. The highest BCUT2D eigenvalue weighted by Crippen LogP contribution is 2.47. The molecule has 6 heteroatoms. The van der Waals surface area contributed by atoms with Gasteiger partial charge in [-0.1, -0.05) is 0 Å². The maximum atomic E-state index is 12.7. The van der Waals surface area contributed by atoms with E-state index in [1.807, 2.05) is 18.3 Å². The Kier molecular flexibility index (Phi) is 3.48. The molecule has 5 rings (SSSR count). The third-order valence-corrected chi connectivity index (χ3v) is 9.13. The van der Waals surface area contributed by atoms with E-state index in [4.69, 9.17) is 0 Å². The van der Waals surface area contributed by atoms with Crippen LogP contribution < -0.4 is 0 Å². The number of imide groups is 1. The molecule has 0 atom stereocenters. The summed E-state index contributed by atoms with van der Waals surface area (Å²) in [6.45, 7) is 8.45. The van der Waals surface area contributed by atoms with E-state index in [9.17, 15) is 9.59 Å². The van der Waals surface area contributed by atoms with E-state index in [1.165, 1.54) is 41.1 Å². The van der Waals surface area contributed by atoms with Crippen molar-refractivity contribution < 1.29 is 9.59 Å². The summed E-state index contributed by atoms with van der Waals surface area (Å²) in [7, 11) is 1.56. The SMILES string of the molecule is Cc1cc2c(C)c3sc(-c4sc(C)c5c4C(=O)N(C)C5=O)cc3c(C)c2s1. The first-order valence-corrected chi connectivity index (χ1v) is 11.1. The Labute approximate surface area is 168 Å². The van der Waals surface area contributed by atoms with E-state index in [0.717, 1.165) is 14.6 Å². The Morgan fingerprint density at radius 1 is 0.778 bits per heavy atom. The number of hydrogen-bond acceptors (Lipinski definition) is 5. The van der Waals surface area contributed by atoms with Crippen LogP contribution in [-0.2, 0) is 0 Å². The molecule has 136 valence electrons. The van der Waals surface area contributed by atoms with Crippen LogP contribution in [0.5, 0.6) is 0 Å². The van der Waals surface area contributed by atoms with Crippen molar-refractivity contribution in [3.63, 3.8) is 0 Å². The average molecular weight is 412 g/mol. The number of carbonyl (C=O) groups excluding carboxylic acids is 2. The van der Waals surface area contributed by atoms with Crippen molar-refractivity contribution in [1.82, 2.24) is 4.90 Å². The predicted molar refractivity (Wildman–Crippen MR) is 116 cm³/mol. The molecule has 0 saturated heterocycles. The zero-order valence-electron chi connectivity index (χ0n) is 15.6. The second-order valence-corrected chi connectivity index (χ2v) is 10.6. The molecule has 0 unspecified atom stereocenters. The summed E-state index contributed by atoms with van der Waals surface area (Å²) in [6.07, 6.45) is 0. The largest absolute Gasteiger partial charge is 0.277 e. The lowest BCUT2D eigenvalue weighted by Crippen LogP contribution is -2.24. The van der Waals surface area contributed by atoms with Crippen LogP contribution in [0.4, 0.5) is 0 Å². The minimum atomic E-state index is -0.183. The summed E-state index contributed by atoms with van der Waals surface area (Å²) < 4.78 is 2.62. The van der Waals surface area contributed by atoms with Gasteiger partial charge in [0.15, 0.2) is 0 Å². The molecule has 1 aromatic carbocycles. The van der Waals surface area contributed by atoms with Gasteiger partial charge in [0.2, 0.25) is 0 Å². The summed E-state index contributed by atoms with van der Waals surface area (Å²) in [4.78, 5) is 30.6. The topological polar surface area (TPSA) is 37.4 Å². The quantitative estimate of drug-likeness (QED) is 0.345. The van der Waals surface area contributed by atoms with E-state index in [1.54, 1.807) is 29.7 Å². The highest BCUT2D eigenvalue weighted by Gasteiger charge is 2.39. The first-order chi connectivity index (χ1) is 12.8. The molecule has 0 fully saturated rings. The minimum absolute atomic E-state index is 0.181. The van der Waals surface area contributed by atoms with Crippen LogP contribution in [0.15, 0.2) is 12.1 Å². The molecule has 0 radical (unpaired) electrons. The van der Waals surface area contributed by atoms with Crippen molar-refractivity contribution in [2.45, 2.75) is 27.7 Å². The minimum Gasteiger partial charge on any atom is -0.277 e. The van der Waals surface area contributed by atoms with Crippen LogP contribution >= 0.6 is 34.0 Å². The van der Waals surface area contributed by atoms with Crippen molar-refractivity contribution in [3.8, 4) is 9.75 Å². The van der Waals surface area contributed by atoms with Gasteiger partial charge in [-0.05, 0) is 61.7 Å². The molecular weight excluding hydrogens is 394 g/mol. The van der Waals surface area contributed by atoms with Crippen molar-refractivity contribution in [2.75, 3.05) is 7.05 Å². The number of fused-ring (bicyclic) bond motifs is 3. The maximum Gasteiger partial charge on any atom is 0.262 e. The van der Waals surface area contributed by atoms with E-state index >= 15 is 0 Å². The molecule has 0 saturated carbocycles. The van der Waals surface area contributed by atoms with Gasteiger partial charge >= 0.3 is 0 Å². The number of aryl methyl sites for hydroxylation is 4. The fourth-order valence-corrected chi connectivity index (χ4v) is 7.54. The third kappa shape index (κ3) is 2.12. The smallest absolute Gasteiger partial charge is 0.262 e. The highest BCUT2D eigenvalue weighted by molar-refractivity contribution is 7.27. The molecule has 1 aliphatic heterocycles. The number of hydrogen-bond donors (Lipinski definition) is 0. The van der Waals surface area contributed by atoms with E-state index in [0.29, 0.717) is 11.1 Å². The number of thiophene rings is 3. The standard InChI is InChI=1S/C21H17NO2S3/c1-8-6-12-9(2)18-13(10(3)17(12)25-8)7-14(27-18)19-16-15(11(4)26-19)20(23)22(5)21(16)24/h6-7H,1-5H3. The van der Waals surface area contributed by atoms with Gasteiger partial charge in [-0.2, -0.15) is 0 Å². The molecule has 27 heavy (non-hydrogen) atoms. The van der Waals surface area contributed by atoms with Gasteiger partial charge in [0.1, 0.15) is 0 Å². The number of amides is 2. The summed E-state index contributed by atoms with van der Waals surface area (Å²) in [5, 5.41) is 2.58. The molecule has 3 nitrogen and oxygen atoms in total. The van der Waals surface area contributed by atoms with Gasteiger partial charge in [-0.25, -0.2) is 0 Å². The molecule has 1 aliphatic rings. The van der Waals surface area contributed by atoms with Crippen LogP contribution in [0.1, 0.15) is 41.6 Å². The number of rotatable bonds is 1. The second-order valence-electron chi connectivity index (χ2n) is 7.11. The lowest BCUT2D eigenvalue weighted by molar-refractivity contribution is 0.0693. The van der Waals surface area contributed by atoms with Crippen molar-refractivity contribution in [2.24, 2.45) is 0 Å². The van der Waals surface area contributed by atoms with E-state index in [-0.39, 0.29) is 11.8 Å². The molecule has 3 aromatic heterocycles. The Hall–Kier alpha value is -2.02. The Balaban J connectivity index is 1.82. The van der Waals surface area contributed by atoms with Crippen LogP contribution in [-0.4, -0.2) is 23.8 Å². The van der Waals surface area contributed by atoms with E-state index < -0.39 is 0 Å². The number of nitrogens with zero attached hydrogens (tertiary/aromatic N) is 1. The van der Waals surface area contributed by atoms with Crippen molar-refractivity contribution >= 4 is 66.0 Å². The third-order valence-electron chi connectivity index (χ3n) is 5.42. The zero-order chi connectivity index (χ0) is 19.2. The zero-order valence-corrected chi connectivity index (χ0v) is 18.1. The first kappa shape index (κ1) is 17.1. The molecule has 0 bridgehead atoms. The van der Waals surface area contributed by atoms with Crippen LogP contribution in [0, 0.1) is 27.7 Å². The maximum absolute atomic E-state index is 12.7. The summed E-state index contributed by atoms with van der Waals surface area (Å²) in [5.74, 6) is -0.365. The van der Waals surface area contributed by atoms with Gasteiger partial charge in [0, 0.05) is 31.1 Å². The van der Waals surface area contributed by atoms with Crippen molar-refractivity contribution in [3.05, 3.63) is 44.1 Å². The summed E-state index contributed by atoms with van der Waals surface area (Å²) in [5.41, 5.74) is 3.78. The summed E-state index contributed by atoms with van der Waals surface area (Å²) >= 11 is 5.13. The Morgan fingerprint density at radius 2 is 1.37 bits per heavy atom. The lowest BCUT2D eigenvalue weighted by atomic mass is 10.0. The molecule has 4 aromatic rings. The fourth-order valence-electron chi connectivity index (χ4n) is 3.98. The van der Waals surface area contributed by atoms with Crippen molar-refractivity contribution in [1.29, 1.82) is 0 Å². The predicted octanol–water partition coefficient (Wildman–Crippen LogP) is 6.30. The molecule has 4 heterocycles. The molecule has 2 amide bonds. The van der Waals surface area contributed by atoms with Gasteiger partial charge in [0.05, 0.1) is 16.0 Å². The van der Waals surface area contributed by atoms with E-state index in [2.05, 4.69) is 32.9 Å². The van der Waals surface area contributed by atoms with Crippen LogP contribution in [0.25, 0.3) is 29.9 Å². The molecule has 0 spiro atoms. The Bertz CT molecular complexity index is 1260. The average Bonchev–Trinajstić information content (AvgIpc) is 3.35.